The molecule has 5 rings (SSSR count). The van der Waals surface area contributed by atoms with Gasteiger partial charge >= 0.3 is 0 Å². The minimum atomic E-state index is -1.14. The van der Waals surface area contributed by atoms with Crippen LogP contribution in [0.2, 0.25) is 0 Å². The molecule has 3 aromatic rings. The Kier molecular flexibility index (Phi) is 7.30. The van der Waals surface area contributed by atoms with E-state index in [1.165, 1.54) is 25.6 Å². The summed E-state index contributed by atoms with van der Waals surface area (Å²) in [7, 11) is 0. The van der Waals surface area contributed by atoms with Crippen LogP contribution in [-0.4, -0.2) is 73.1 Å². The van der Waals surface area contributed by atoms with Gasteiger partial charge in [0, 0.05) is 11.6 Å². The number of aliphatic hydroxyl groups excluding tert-OH is 2. The zero-order valence-electron chi connectivity index (χ0n) is 20.2. The van der Waals surface area contributed by atoms with Crippen LogP contribution >= 0.6 is 0 Å². The number of nitrogens with one attached hydrogen (secondary N) is 2. The third-order valence-corrected chi connectivity index (χ3v) is 6.83. The van der Waals surface area contributed by atoms with Crippen molar-refractivity contribution in [1.29, 1.82) is 0 Å². The number of anilines is 1. The largest absolute Gasteiger partial charge is 0.494 e. The molecule has 2 aliphatic rings. The van der Waals surface area contributed by atoms with Gasteiger partial charge in [0.1, 0.15) is 30.3 Å². The highest BCUT2D eigenvalue weighted by molar-refractivity contribution is 5.95. The van der Waals surface area contributed by atoms with Crippen molar-refractivity contribution in [2.45, 2.75) is 69.5 Å². The molecule has 2 aromatic heterocycles. The van der Waals surface area contributed by atoms with Gasteiger partial charge in [-0.25, -0.2) is 15.0 Å². The molecule has 1 saturated carbocycles. The fourth-order valence-corrected chi connectivity index (χ4v) is 5.00. The molecule has 36 heavy (non-hydrogen) atoms. The number of imidazole rings is 1. The maximum atomic E-state index is 13.1. The summed E-state index contributed by atoms with van der Waals surface area (Å²) in [4.78, 5) is 26.4. The lowest BCUT2D eigenvalue weighted by molar-refractivity contribution is -0.0440. The van der Waals surface area contributed by atoms with E-state index in [1.807, 2.05) is 6.92 Å². The van der Waals surface area contributed by atoms with E-state index in [4.69, 9.17) is 9.47 Å². The number of carbonyl (C=O) groups excluding carboxylic acids is 1. The smallest absolute Gasteiger partial charge is 0.251 e. The van der Waals surface area contributed by atoms with E-state index in [1.54, 1.807) is 35.2 Å². The van der Waals surface area contributed by atoms with Crippen molar-refractivity contribution in [3.63, 3.8) is 0 Å². The summed E-state index contributed by atoms with van der Waals surface area (Å²) in [5.74, 6) is 0.830. The number of hydrogen-bond acceptors (Lipinski definition) is 9. The molecule has 0 radical (unpaired) electrons. The quantitative estimate of drug-likeness (QED) is 0.368. The molecule has 1 saturated heterocycles. The predicted octanol–water partition coefficient (Wildman–Crippen LogP) is 2.02. The molecule has 3 heterocycles. The highest BCUT2D eigenvalue weighted by Crippen LogP contribution is 2.33. The Morgan fingerprint density at radius 2 is 2.06 bits per heavy atom. The lowest BCUT2D eigenvalue weighted by Crippen LogP contribution is -2.46. The molecule has 192 valence electrons. The molecule has 0 unspecified atom stereocenters. The average molecular weight is 497 g/mol. The lowest BCUT2D eigenvalue weighted by Gasteiger charge is -2.24. The molecule has 0 spiro atoms. The fraction of sp³-hybridized carbons (Fsp3) is 0.520. The first-order valence-electron chi connectivity index (χ1n) is 12.5. The van der Waals surface area contributed by atoms with Gasteiger partial charge in [-0.05, 0) is 38.0 Å². The summed E-state index contributed by atoms with van der Waals surface area (Å²) >= 11 is 0. The van der Waals surface area contributed by atoms with Crippen molar-refractivity contribution >= 4 is 22.9 Å². The minimum Gasteiger partial charge on any atom is -0.494 e. The van der Waals surface area contributed by atoms with Crippen molar-refractivity contribution in [3.05, 3.63) is 42.5 Å². The number of fused-ring (bicyclic) bond motifs is 1. The molecule has 1 aromatic carbocycles. The highest BCUT2D eigenvalue weighted by atomic mass is 16.5. The van der Waals surface area contributed by atoms with Crippen LogP contribution in [0.25, 0.3) is 11.2 Å². The third-order valence-electron chi connectivity index (χ3n) is 6.83. The number of aromatic nitrogens is 4. The Morgan fingerprint density at radius 1 is 1.22 bits per heavy atom. The maximum Gasteiger partial charge on any atom is 0.251 e. The Labute approximate surface area is 208 Å². The van der Waals surface area contributed by atoms with E-state index in [2.05, 4.69) is 25.6 Å². The summed E-state index contributed by atoms with van der Waals surface area (Å²) < 4.78 is 13.1. The second-order valence-corrected chi connectivity index (χ2v) is 9.22. The molecular weight excluding hydrogens is 464 g/mol. The van der Waals surface area contributed by atoms with E-state index in [-0.39, 0.29) is 0 Å². The van der Waals surface area contributed by atoms with E-state index in [0.29, 0.717) is 40.9 Å². The van der Waals surface area contributed by atoms with E-state index in [0.717, 1.165) is 12.8 Å². The molecule has 11 nitrogen and oxygen atoms in total. The number of ether oxygens (including phenoxy) is 2. The zero-order valence-corrected chi connectivity index (χ0v) is 20.2. The van der Waals surface area contributed by atoms with Gasteiger partial charge < -0.3 is 30.3 Å². The first-order chi connectivity index (χ1) is 17.6. The van der Waals surface area contributed by atoms with Crippen LogP contribution in [0.15, 0.2) is 36.9 Å². The summed E-state index contributed by atoms with van der Waals surface area (Å²) in [6, 6.07) is 6.30. The van der Waals surface area contributed by atoms with Crippen molar-refractivity contribution in [1.82, 2.24) is 24.8 Å². The van der Waals surface area contributed by atoms with Gasteiger partial charge in [0.2, 0.25) is 0 Å². The standard InChI is InChI=1S/C25H32N6O5/c1-2-35-17-10-6-7-15(11-17)24(34)30-19-21(33)18(12-32)36-25(19)31-14-28-20-22(26-13-27-23(20)31)29-16-8-4-3-5-9-16/h6-7,10-11,13-14,16,18-19,21,25,32-33H,2-5,8-9,12H2,1H3,(H,30,34)(H,26,27,29)/t18-,19-,21-,25-/m1/s1. The maximum absolute atomic E-state index is 13.1. The van der Waals surface area contributed by atoms with Crippen molar-refractivity contribution in [3.8, 4) is 5.75 Å². The molecular formula is C25H32N6O5. The number of amides is 1. The number of carbonyl (C=O) groups is 1. The summed E-state index contributed by atoms with van der Waals surface area (Å²) in [6.07, 6.45) is 5.97. The molecule has 1 amide bonds. The highest BCUT2D eigenvalue weighted by Gasteiger charge is 2.46. The molecule has 2 fully saturated rings. The Morgan fingerprint density at radius 3 is 2.83 bits per heavy atom. The SMILES string of the molecule is CCOc1cccc(C(=O)N[C@@H]2[C@H](O)[C@@H](CO)O[C@H]2n2cnc3c(NC4CCCCC4)ncnc32)c1. The van der Waals surface area contributed by atoms with E-state index < -0.39 is 37.0 Å². The molecule has 4 N–H and O–H groups in total. The summed E-state index contributed by atoms with van der Waals surface area (Å²) in [5, 5.41) is 27.0. The van der Waals surface area contributed by atoms with E-state index >= 15 is 0 Å². The van der Waals surface area contributed by atoms with Gasteiger partial charge in [-0.3, -0.25) is 9.36 Å². The van der Waals surface area contributed by atoms with Gasteiger partial charge in [0.25, 0.3) is 5.91 Å². The molecule has 4 atom stereocenters. The Bertz CT molecular complexity index is 1200. The number of nitrogens with zero attached hydrogens (tertiary/aromatic N) is 4. The molecule has 1 aliphatic carbocycles. The second kappa shape index (κ2) is 10.8. The van der Waals surface area contributed by atoms with Crippen LogP contribution in [0.4, 0.5) is 5.82 Å². The third kappa shape index (κ3) is 4.86. The normalized spacial score (nSPS) is 24.6. The summed E-state index contributed by atoms with van der Waals surface area (Å²) in [6.45, 7) is 1.95. The van der Waals surface area contributed by atoms with Gasteiger partial charge in [0.15, 0.2) is 23.2 Å². The average Bonchev–Trinajstić information content (AvgIpc) is 3.46. The number of rotatable bonds is 8. The number of hydrogen-bond donors (Lipinski definition) is 4. The van der Waals surface area contributed by atoms with Gasteiger partial charge in [0.05, 0.1) is 19.5 Å². The van der Waals surface area contributed by atoms with Gasteiger partial charge in [-0.15, -0.1) is 0 Å². The van der Waals surface area contributed by atoms with Crippen LogP contribution in [0.3, 0.4) is 0 Å². The van der Waals surface area contributed by atoms with Gasteiger partial charge in [-0.2, -0.15) is 0 Å². The number of benzene rings is 1. The molecule has 0 bridgehead atoms. The van der Waals surface area contributed by atoms with Crippen molar-refractivity contribution in [2.75, 3.05) is 18.5 Å². The Balaban J connectivity index is 1.41. The lowest BCUT2D eigenvalue weighted by atomic mass is 9.95. The molecule has 1 aliphatic heterocycles. The van der Waals surface area contributed by atoms with E-state index in [9.17, 15) is 15.0 Å². The summed E-state index contributed by atoms with van der Waals surface area (Å²) in [5.41, 5.74) is 1.48. The monoisotopic (exact) mass is 496 g/mol. The minimum absolute atomic E-state index is 0.338. The van der Waals surface area contributed by atoms with Crippen LogP contribution < -0.4 is 15.4 Å². The van der Waals surface area contributed by atoms with Crippen LogP contribution in [0.1, 0.15) is 55.6 Å². The Hall–Kier alpha value is -3.28. The fourth-order valence-electron chi connectivity index (χ4n) is 5.00. The van der Waals surface area contributed by atoms with Crippen molar-refractivity contribution in [2.24, 2.45) is 0 Å². The van der Waals surface area contributed by atoms with Crippen molar-refractivity contribution < 1.29 is 24.5 Å². The zero-order chi connectivity index (χ0) is 25.1. The molecule has 11 heteroatoms. The van der Waals surface area contributed by atoms with Gasteiger partial charge in [-0.1, -0.05) is 25.3 Å². The topological polar surface area (TPSA) is 144 Å². The first-order valence-corrected chi connectivity index (χ1v) is 12.5. The number of aliphatic hydroxyl groups is 2. The second-order valence-electron chi connectivity index (χ2n) is 9.22. The van der Waals surface area contributed by atoms with Crippen LogP contribution in [-0.2, 0) is 4.74 Å². The van der Waals surface area contributed by atoms with Crippen LogP contribution in [0.5, 0.6) is 5.75 Å². The predicted molar refractivity (Wildman–Crippen MR) is 132 cm³/mol. The first kappa shape index (κ1) is 24.4. The van der Waals surface area contributed by atoms with Crippen LogP contribution in [0, 0.1) is 0 Å².